The number of ether oxygens (including phenoxy) is 1. The zero-order valence-corrected chi connectivity index (χ0v) is 16.4. The van der Waals surface area contributed by atoms with Crippen LogP contribution < -0.4 is 0 Å². The van der Waals surface area contributed by atoms with Crippen LogP contribution in [0.15, 0.2) is 45.6 Å². The van der Waals surface area contributed by atoms with Crippen molar-refractivity contribution >= 4 is 33.0 Å². The number of methoxy groups -OCH3 is 1. The molecule has 124 valence electrons. The summed E-state index contributed by atoms with van der Waals surface area (Å²) in [5.74, 6) is 0.113. The quantitative estimate of drug-likeness (QED) is 0.354. The molecule has 1 aliphatic rings. The number of esters is 1. The number of hydrogen-bond acceptors (Lipinski definition) is 2. The van der Waals surface area contributed by atoms with Gasteiger partial charge in [-0.15, -0.1) is 0 Å². The molecule has 1 aliphatic carbocycles. The molecule has 0 bridgehead atoms. The number of carbonyl (C=O) groups excluding carboxylic acids is 1. The van der Waals surface area contributed by atoms with Gasteiger partial charge in [0.05, 0.1) is 0 Å². The van der Waals surface area contributed by atoms with Crippen LogP contribution in [0, 0.1) is 5.92 Å². The Morgan fingerprint density at radius 1 is 1.35 bits per heavy atom. The molecule has 0 heterocycles. The first-order valence-electron chi connectivity index (χ1n) is 8.43. The first-order chi connectivity index (χ1) is 11.3. The standard InChI is InChI=1S/C20H26O2Te/c1-3-4-15-23-18-12-8-11-17(19(18)20(21)22-2)14-13-16-9-6-5-7-10-16/h5-7,9-10,13-14,17H,3-4,8,11-12,15H2,1-2H3/b14-13-. The van der Waals surface area contributed by atoms with E-state index in [0.717, 1.165) is 18.4 Å². The van der Waals surface area contributed by atoms with E-state index in [9.17, 15) is 4.79 Å². The van der Waals surface area contributed by atoms with Crippen LogP contribution >= 0.6 is 0 Å². The molecule has 2 nitrogen and oxygen atoms in total. The zero-order valence-electron chi connectivity index (χ0n) is 14.1. The summed E-state index contributed by atoms with van der Waals surface area (Å²) in [5.41, 5.74) is 2.16. The SMILES string of the molecule is CCCC[Te]C1=C(C(=O)OC)C(/C=C\c2ccccc2)CCC1. The Labute approximate surface area is 150 Å². The fourth-order valence-electron chi connectivity index (χ4n) is 2.82. The monoisotopic (exact) mass is 428 g/mol. The molecule has 0 radical (unpaired) electrons. The number of carbonyl (C=O) groups is 1. The van der Waals surface area contributed by atoms with Crippen molar-refractivity contribution in [3.63, 3.8) is 0 Å². The normalized spacial score (nSPS) is 18.4. The number of unbranched alkanes of at least 4 members (excludes halogenated alkanes) is 1. The number of rotatable bonds is 7. The van der Waals surface area contributed by atoms with Gasteiger partial charge in [-0.05, 0) is 0 Å². The molecule has 1 aromatic rings. The van der Waals surface area contributed by atoms with Crippen molar-refractivity contribution in [1.29, 1.82) is 0 Å². The molecule has 1 aromatic carbocycles. The second-order valence-corrected chi connectivity index (χ2v) is 9.19. The second kappa shape index (κ2) is 9.96. The summed E-state index contributed by atoms with van der Waals surface area (Å²) in [6.45, 7) is 2.23. The van der Waals surface area contributed by atoms with Gasteiger partial charge in [-0.3, -0.25) is 0 Å². The fraction of sp³-hybridized carbons (Fsp3) is 0.450. The average molecular weight is 426 g/mol. The van der Waals surface area contributed by atoms with E-state index >= 15 is 0 Å². The molecule has 0 saturated carbocycles. The molecule has 0 aliphatic heterocycles. The maximum absolute atomic E-state index is 12.3. The van der Waals surface area contributed by atoms with Gasteiger partial charge in [-0.1, -0.05) is 0 Å². The van der Waals surface area contributed by atoms with Crippen LogP contribution in [0.1, 0.15) is 44.6 Å². The average Bonchev–Trinajstić information content (AvgIpc) is 2.60. The molecule has 1 atom stereocenters. The minimum absolute atomic E-state index is 0.107. The first-order valence-corrected chi connectivity index (χ1v) is 11.2. The minimum atomic E-state index is -0.225. The maximum atomic E-state index is 12.3. The van der Waals surface area contributed by atoms with Crippen molar-refractivity contribution < 1.29 is 9.53 Å². The van der Waals surface area contributed by atoms with Crippen LogP contribution in [0.25, 0.3) is 6.08 Å². The molecule has 0 spiro atoms. The Bertz CT molecular complexity index is 560. The summed E-state index contributed by atoms with van der Waals surface area (Å²) >= 11 is -0.225. The van der Waals surface area contributed by atoms with Crippen molar-refractivity contribution in [1.82, 2.24) is 0 Å². The third kappa shape index (κ3) is 5.52. The van der Waals surface area contributed by atoms with Crippen LogP contribution in [0.5, 0.6) is 0 Å². The Balaban J connectivity index is 2.20. The first kappa shape index (κ1) is 18.3. The van der Waals surface area contributed by atoms with Gasteiger partial charge in [0.25, 0.3) is 0 Å². The van der Waals surface area contributed by atoms with Gasteiger partial charge >= 0.3 is 150 Å². The van der Waals surface area contributed by atoms with Gasteiger partial charge in [-0.2, -0.15) is 0 Å². The van der Waals surface area contributed by atoms with Crippen molar-refractivity contribution in [3.05, 3.63) is 51.2 Å². The van der Waals surface area contributed by atoms with Gasteiger partial charge in [0.15, 0.2) is 0 Å². The van der Waals surface area contributed by atoms with Gasteiger partial charge < -0.3 is 0 Å². The van der Waals surface area contributed by atoms with E-state index in [1.165, 1.54) is 40.0 Å². The summed E-state index contributed by atoms with van der Waals surface area (Å²) < 4.78 is 7.85. The Kier molecular flexibility index (Phi) is 7.92. The molecular formula is C20H26O2Te. The molecule has 0 saturated heterocycles. The molecule has 23 heavy (non-hydrogen) atoms. The summed E-state index contributed by atoms with van der Waals surface area (Å²) in [4.78, 5) is 12.3. The number of benzene rings is 1. The van der Waals surface area contributed by atoms with E-state index in [2.05, 4.69) is 31.2 Å². The number of allylic oxidation sites excluding steroid dienone is 2. The van der Waals surface area contributed by atoms with E-state index in [1.807, 2.05) is 18.2 Å². The van der Waals surface area contributed by atoms with Crippen molar-refractivity contribution in [2.24, 2.45) is 5.92 Å². The van der Waals surface area contributed by atoms with Crippen molar-refractivity contribution in [3.8, 4) is 0 Å². The molecule has 2 rings (SSSR count). The van der Waals surface area contributed by atoms with Crippen LogP contribution in [0.4, 0.5) is 0 Å². The topological polar surface area (TPSA) is 26.3 Å². The predicted octanol–water partition coefficient (Wildman–Crippen LogP) is 4.85. The molecule has 0 amide bonds. The summed E-state index contributed by atoms with van der Waals surface area (Å²) in [7, 11) is 1.51. The second-order valence-electron chi connectivity index (χ2n) is 5.80. The van der Waals surface area contributed by atoms with Crippen LogP contribution in [0.2, 0.25) is 4.47 Å². The Morgan fingerprint density at radius 2 is 2.13 bits per heavy atom. The Hall–Kier alpha value is -1.04. The van der Waals surface area contributed by atoms with E-state index in [-0.39, 0.29) is 32.8 Å². The van der Waals surface area contributed by atoms with E-state index in [1.54, 1.807) is 0 Å². The molecular weight excluding hydrogens is 400 g/mol. The van der Waals surface area contributed by atoms with E-state index in [0.29, 0.717) is 0 Å². The predicted molar refractivity (Wildman–Crippen MR) is 97.3 cm³/mol. The molecule has 0 fully saturated rings. The third-order valence-electron chi connectivity index (χ3n) is 4.09. The molecule has 0 aromatic heterocycles. The van der Waals surface area contributed by atoms with Gasteiger partial charge in [0, 0.05) is 0 Å². The molecule has 0 N–H and O–H groups in total. The summed E-state index contributed by atoms with van der Waals surface area (Å²) in [6.07, 6.45) is 10.2. The molecule has 1 unspecified atom stereocenters. The fourth-order valence-corrected chi connectivity index (χ4v) is 6.69. The molecule has 3 heteroatoms. The van der Waals surface area contributed by atoms with Gasteiger partial charge in [-0.25, -0.2) is 0 Å². The van der Waals surface area contributed by atoms with Crippen LogP contribution in [0.3, 0.4) is 0 Å². The zero-order chi connectivity index (χ0) is 16.5. The summed E-state index contributed by atoms with van der Waals surface area (Å²) in [6, 6.07) is 10.3. The van der Waals surface area contributed by atoms with Crippen molar-refractivity contribution in [2.45, 2.75) is 43.5 Å². The van der Waals surface area contributed by atoms with Crippen LogP contribution in [-0.2, 0) is 9.53 Å². The van der Waals surface area contributed by atoms with Crippen molar-refractivity contribution in [2.75, 3.05) is 7.11 Å². The summed E-state index contributed by atoms with van der Waals surface area (Å²) in [5, 5.41) is 0. The van der Waals surface area contributed by atoms with Gasteiger partial charge in [0.2, 0.25) is 0 Å². The Morgan fingerprint density at radius 3 is 2.83 bits per heavy atom. The van der Waals surface area contributed by atoms with E-state index < -0.39 is 0 Å². The number of hydrogen-bond donors (Lipinski definition) is 0. The third-order valence-corrected chi connectivity index (χ3v) is 7.70. The van der Waals surface area contributed by atoms with Gasteiger partial charge in [0.1, 0.15) is 0 Å². The van der Waals surface area contributed by atoms with E-state index in [4.69, 9.17) is 4.74 Å². The van der Waals surface area contributed by atoms with Crippen LogP contribution in [-0.4, -0.2) is 34.0 Å².